The molecule has 4 rings (SSSR count). The van der Waals surface area contributed by atoms with Crippen molar-refractivity contribution < 1.29 is 28.2 Å². The highest BCUT2D eigenvalue weighted by Gasteiger charge is 2.52. The summed E-state index contributed by atoms with van der Waals surface area (Å²) in [5, 5.41) is 9.24. The highest BCUT2D eigenvalue weighted by atomic mass is 35.5. The molecule has 1 unspecified atom stereocenters. The van der Waals surface area contributed by atoms with Gasteiger partial charge in [0.25, 0.3) is 0 Å². The standard InChI is InChI=1S/C26H26Cl2FN3O5/c1-15(31-37-12-16-7-5-6-8-18(16)20(14-34-3)25(33)35-4)24-19-9-21(29)23(10-22(19)32(2)30-24)36-13-17-11-26(17,27)28/h5-10,14,17H,11-13H2,1-4H3/b20-14+,31-15-. The normalized spacial score (nSPS) is 17.0. The van der Waals surface area contributed by atoms with Crippen molar-refractivity contribution in [3.8, 4) is 5.75 Å². The summed E-state index contributed by atoms with van der Waals surface area (Å²) >= 11 is 12.1. The van der Waals surface area contributed by atoms with E-state index in [1.165, 1.54) is 26.5 Å². The molecule has 11 heteroatoms. The van der Waals surface area contributed by atoms with E-state index >= 15 is 0 Å². The molecule has 1 aliphatic carbocycles. The number of fused-ring (bicyclic) bond motifs is 1. The molecule has 8 nitrogen and oxygen atoms in total. The van der Waals surface area contributed by atoms with Crippen molar-refractivity contribution in [3.05, 3.63) is 65.3 Å². The molecule has 1 fully saturated rings. The molecule has 0 N–H and O–H groups in total. The lowest BCUT2D eigenvalue weighted by molar-refractivity contribution is -0.133. The number of aromatic nitrogens is 2. The first-order valence-corrected chi connectivity index (χ1v) is 12.1. The number of benzene rings is 2. The van der Waals surface area contributed by atoms with Crippen molar-refractivity contribution in [2.24, 2.45) is 18.1 Å². The Morgan fingerprint density at radius 1 is 1.30 bits per heavy atom. The highest BCUT2D eigenvalue weighted by molar-refractivity contribution is 6.50. The fourth-order valence-electron chi connectivity index (χ4n) is 3.88. The minimum atomic E-state index is -0.796. The van der Waals surface area contributed by atoms with Crippen LogP contribution in [0.4, 0.5) is 4.39 Å². The summed E-state index contributed by atoms with van der Waals surface area (Å²) in [4.78, 5) is 17.8. The van der Waals surface area contributed by atoms with E-state index in [9.17, 15) is 9.18 Å². The number of hydrogen-bond donors (Lipinski definition) is 0. The number of oxime groups is 1. The summed E-state index contributed by atoms with van der Waals surface area (Å²) in [6, 6.07) is 10.1. The van der Waals surface area contributed by atoms with Crippen molar-refractivity contribution in [2.75, 3.05) is 20.8 Å². The highest BCUT2D eigenvalue weighted by Crippen LogP contribution is 2.53. The van der Waals surface area contributed by atoms with Gasteiger partial charge in [0, 0.05) is 30.0 Å². The Hall–Kier alpha value is -3.30. The van der Waals surface area contributed by atoms with Gasteiger partial charge in [0.2, 0.25) is 0 Å². The van der Waals surface area contributed by atoms with E-state index in [1.807, 2.05) is 6.07 Å². The lowest BCUT2D eigenvalue weighted by Crippen LogP contribution is -2.07. The maximum Gasteiger partial charge on any atom is 0.341 e. The molecule has 1 saturated carbocycles. The smallest absolute Gasteiger partial charge is 0.341 e. The number of carbonyl (C=O) groups excluding carboxylic acids is 1. The Morgan fingerprint density at radius 2 is 2.03 bits per heavy atom. The van der Waals surface area contributed by atoms with Crippen molar-refractivity contribution in [1.29, 1.82) is 0 Å². The largest absolute Gasteiger partial charge is 0.503 e. The minimum Gasteiger partial charge on any atom is -0.503 e. The summed E-state index contributed by atoms with van der Waals surface area (Å²) in [5.74, 6) is -0.995. The van der Waals surface area contributed by atoms with Crippen LogP contribution in [0.3, 0.4) is 0 Å². The van der Waals surface area contributed by atoms with Gasteiger partial charge in [0.05, 0.1) is 32.6 Å². The maximum atomic E-state index is 14.8. The summed E-state index contributed by atoms with van der Waals surface area (Å²) in [7, 11) is 4.49. The monoisotopic (exact) mass is 549 g/mol. The van der Waals surface area contributed by atoms with Crippen molar-refractivity contribution in [3.63, 3.8) is 0 Å². The van der Waals surface area contributed by atoms with Crippen LogP contribution in [0.2, 0.25) is 0 Å². The molecule has 1 atom stereocenters. The molecule has 196 valence electrons. The van der Waals surface area contributed by atoms with Crippen molar-refractivity contribution in [2.45, 2.75) is 24.3 Å². The number of esters is 1. The van der Waals surface area contributed by atoms with Gasteiger partial charge in [-0.15, -0.1) is 23.2 Å². The number of hydrogen-bond acceptors (Lipinski definition) is 7. The molecule has 3 aromatic rings. The maximum absolute atomic E-state index is 14.8. The molecule has 0 radical (unpaired) electrons. The number of carbonyl (C=O) groups is 1. The fraction of sp³-hybridized carbons (Fsp3) is 0.346. The van der Waals surface area contributed by atoms with Crippen LogP contribution < -0.4 is 4.74 Å². The predicted octanol–water partition coefficient (Wildman–Crippen LogP) is 5.39. The van der Waals surface area contributed by atoms with Crippen LogP contribution in [0.1, 0.15) is 30.2 Å². The Balaban J connectivity index is 1.52. The second kappa shape index (κ2) is 11.0. The molecule has 37 heavy (non-hydrogen) atoms. The molecule has 1 aliphatic rings. The third-order valence-corrected chi connectivity index (χ3v) is 6.94. The lowest BCUT2D eigenvalue weighted by atomic mass is 10.0. The van der Waals surface area contributed by atoms with E-state index < -0.39 is 16.1 Å². The SMILES string of the molecule is CO/C=C(/C(=O)OC)c1ccccc1CO/N=C(/C)c1nn(C)c2cc(OCC3CC3(Cl)Cl)c(F)cc12. The second-order valence-electron chi connectivity index (χ2n) is 8.61. The molecule has 1 aromatic heterocycles. The number of nitrogens with zero attached hydrogens (tertiary/aromatic N) is 3. The van der Waals surface area contributed by atoms with Gasteiger partial charge in [0.15, 0.2) is 11.6 Å². The number of aryl methyl sites for hydroxylation is 1. The van der Waals surface area contributed by atoms with Crippen LogP contribution in [0.15, 0.2) is 47.8 Å². The third-order valence-electron chi connectivity index (χ3n) is 6.01. The minimum absolute atomic E-state index is 0.0293. The van der Waals surface area contributed by atoms with E-state index in [1.54, 1.807) is 42.9 Å². The molecule has 0 saturated heterocycles. The van der Waals surface area contributed by atoms with Gasteiger partial charge in [-0.1, -0.05) is 29.4 Å². The topological polar surface area (TPSA) is 84.2 Å². The summed E-state index contributed by atoms with van der Waals surface area (Å²) in [6.45, 7) is 2.01. The molecule has 2 aromatic carbocycles. The zero-order valence-electron chi connectivity index (χ0n) is 20.8. The second-order valence-corrected chi connectivity index (χ2v) is 10.2. The first kappa shape index (κ1) is 26.8. The molecule has 0 spiro atoms. The number of alkyl halides is 2. The van der Waals surface area contributed by atoms with Gasteiger partial charge in [-0.2, -0.15) is 5.10 Å². The number of rotatable bonds is 10. The molecule has 0 aliphatic heterocycles. The average Bonchev–Trinajstić information content (AvgIpc) is 3.37. The van der Waals surface area contributed by atoms with E-state index in [0.29, 0.717) is 39.9 Å². The van der Waals surface area contributed by atoms with Gasteiger partial charge in [0.1, 0.15) is 27.9 Å². The van der Waals surface area contributed by atoms with Crippen LogP contribution in [0.5, 0.6) is 5.75 Å². The Morgan fingerprint density at radius 3 is 2.70 bits per heavy atom. The Kier molecular flexibility index (Phi) is 7.94. The van der Waals surface area contributed by atoms with Gasteiger partial charge >= 0.3 is 5.97 Å². The summed E-state index contributed by atoms with van der Waals surface area (Å²) in [5.41, 5.74) is 3.11. The molecular formula is C26H26Cl2FN3O5. The lowest BCUT2D eigenvalue weighted by Gasteiger charge is -2.11. The van der Waals surface area contributed by atoms with Crippen LogP contribution in [0.25, 0.3) is 16.5 Å². The predicted molar refractivity (Wildman–Crippen MR) is 139 cm³/mol. The number of halogens is 3. The summed E-state index contributed by atoms with van der Waals surface area (Å²) in [6.07, 6.45) is 1.93. The fourth-order valence-corrected chi connectivity index (χ4v) is 4.38. The van der Waals surface area contributed by atoms with Crippen LogP contribution in [-0.4, -0.2) is 46.6 Å². The molecular weight excluding hydrogens is 524 g/mol. The number of methoxy groups -OCH3 is 2. The Bertz CT molecular complexity index is 1390. The van der Waals surface area contributed by atoms with E-state index in [-0.39, 0.29) is 30.5 Å². The zero-order valence-corrected chi connectivity index (χ0v) is 22.3. The van der Waals surface area contributed by atoms with Crippen LogP contribution in [-0.2, 0) is 32.8 Å². The van der Waals surface area contributed by atoms with Crippen LogP contribution in [0, 0.1) is 11.7 Å². The average molecular weight is 550 g/mol. The number of ether oxygens (including phenoxy) is 3. The zero-order chi connectivity index (χ0) is 26.7. The van der Waals surface area contributed by atoms with E-state index in [0.717, 1.165) is 0 Å². The Labute approximate surface area is 223 Å². The van der Waals surface area contributed by atoms with Gasteiger partial charge in [-0.05, 0) is 25.0 Å². The van der Waals surface area contributed by atoms with Gasteiger partial charge < -0.3 is 19.0 Å². The van der Waals surface area contributed by atoms with Gasteiger partial charge in [-0.3, -0.25) is 4.68 Å². The molecule has 0 amide bonds. The van der Waals surface area contributed by atoms with Gasteiger partial charge in [-0.25, -0.2) is 9.18 Å². The van der Waals surface area contributed by atoms with E-state index in [2.05, 4.69) is 10.3 Å². The van der Waals surface area contributed by atoms with E-state index in [4.69, 9.17) is 42.3 Å². The first-order chi connectivity index (χ1) is 17.7. The first-order valence-electron chi connectivity index (χ1n) is 11.4. The van der Waals surface area contributed by atoms with Crippen LogP contribution >= 0.6 is 23.2 Å². The van der Waals surface area contributed by atoms with Crippen molar-refractivity contribution >= 4 is 51.4 Å². The quantitative estimate of drug-likeness (QED) is 0.0842. The van der Waals surface area contributed by atoms with Crippen molar-refractivity contribution in [1.82, 2.24) is 9.78 Å². The molecule has 1 heterocycles. The summed E-state index contributed by atoms with van der Waals surface area (Å²) < 4.78 is 31.2. The third kappa shape index (κ3) is 5.83. The molecule has 0 bridgehead atoms.